The van der Waals surface area contributed by atoms with Crippen LogP contribution in [0.15, 0.2) is 24.4 Å². The maximum absolute atomic E-state index is 12.7. The molecule has 1 aromatic heterocycles. The molecule has 1 aliphatic carbocycles. The summed E-state index contributed by atoms with van der Waals surface area (Å²) < 4.78 is 0. The van der Waals surface area contributed by atoms with E-state index < -0.39 is 5.54 Å². The monoisotopic (exact) mass is 356 g/mol. The number of aromatic nitrogens is 1. The summed E-state index contributed by atoms with van der Waals surface area (Å²) in [4.78, 5) is 33.4. The Kier molecular flexibility index (Phi) is 4.47. The number of carbonyl (C=O) groups is 2. The zero-order chi connectivity index (χ0) is 18.2. The Balaban J connectivity index is 1.41. The molecule has 1 saturated carbocycles. The summed E-state index contributed by atoms with van der Waals surface area (Å²) in [6.07, 6.45) is 7.74. The molecule has 26 heavy (non-hydrogen) atoms. The van der Waals surface area contributed by atoms with Crippen LogP contribution in [0.3, 0.4) is 0 Å². The van der Waals surface area contributed by atoms with Crippen molar-refractivity contribution in [1.82, 2.24) is 14.8 Å². The number of amides is 2. The predicted molar refractivity (Wildman–Crippen MR) is 98.2 cm³/mol. The number of rotatable bonds is 4. The Morgan fingerprint density at radius 2 is 2.04 bits per heavy atom. The van der Waals surface area contributed by atoms with Gasteiger partial charge in [-0.25, -0.2) is 0 Å². The fourth-order valence-electron chi connectivity index (χ4n) is 4.48. The highest BCUT2D eigenvalue weighted by Gasteiger charge is 2.51. The van der Waals surface area contributed by atoms with Crippen molar-refractivity contribution in [2.75, 3.05) is 26.2 Å². The van der Waals surface area contributed by atoms with Gasteiger partial charge in [-0.1, -0.05) is 6.07 Å². The summed E-state index contributed by atoms with van der Waals surface area (Å²) in [7, 11) is 0. The lowest BCUT2D eigenvalue weighted by atomic mass is 9.73. The molecule has 0 radical (unpaired) electrons. The van der Waals surface area contributed by atoms with Gasteiger partial charge >= 0.3 is 0 Å². The lowest BCUT2D eigenvalue weighted by molar-refractivity contribution is -0.144. The second-order valence-corrected chi connectivity index (χ2v) is 8.37. The molecule has 3 heterocycles. The standard InChI is InChI=1S/C20H28N4O2/c21-20(9-10-20)18(26)24-12-3-7-19(15-24)8-5-17(25)23(14-19)13-6-16-4-1-2-11-22-16/h1-2,4,11H,3,5-10,12-15,21H2/t19-/m1/s1. The van der Waals surface area contributed by atoms with Gasteiger partial charge in [0.15, 0.2) is 0 Å². The summed E-state index contributed by atoms with van der Waals surface area (Å²) in [6, 6.07) is 5.89. The summed E-state index contributed by atoms with van der Waals surface area (Å²) in [5.74, 6) is 0.348. The first-order chi connectivity index (χ1) is 12.5. The topological polar surface area (TPSA) is 79.5 Å². The largest absolute Gasteiger partial charge is 0.342 e. The van der Waals surface area contributed by atoms with Crippen LogP contribution in [0, 0.1) is 5.41 Å². The summed E-state index contributed by atoms with van der Waals surface area (Å²) in [5, 5.41) is 0. The minimum Gasteiger partial charge on any atom is -0.342 e. The molecule has 6 nitrogen and oxygen atoms in total. The van der Waals surface area contributed by atoms with E-state index in [9.17, 15) is 9.59 Å². The number of hydrogen-bond acceptors (Lipinski definition) is 4. The third-order valence-corrected chi connectivity index (χ3v) is 6.28. The number of pyridine rings is 1. The minimum atomic E-state index is -0.596. The lowest BCUT2D eigenvalue weighted by Gasteiger charge is -2.48. The van der Waals surface area contributed by atoms with Crippen molar-refractivity contribution >= 4 is 11.8 Å². The second-order valence-electron chi connectivity index (χ2n) is 8.37. The van der Waals surface area contributed by atoms with Gasteiger partial charge in [0, 0.05) is 56.3 Å². The SMILES string of the molecule is NC1(C(=O)N2CCC[C@]3(CCC(=O)N(CCc4ccccn4)C3)C2)CC1. The molecule has 2 aliphatic heterocycles. The molecule has 1 atom stereocenters. The molecule has 4 rings (SSSR count). The second kappa shape index (κ2) is 6.65. The number of carbonyl (C=O) groups excluding carboxylic acids is 2. The van der Waals surface area contributed by atoms with E-state index in [-0.39, 0.29) is 17.2 Å². The normalized spacial score (nSPS) is 27.7. The quantitative estimate of drug-likeness (QED) is 0.883. The molecule has 2 N–H and O–H groups in total. The van der Waals surface area contributed by atoms with Crippen LogP contribution in [0.2, 0.25) is 0 Å². The van der Waals surface area contributed by atoms with Crippen LogP contribution >= 0.6 is 0 Å². The van der Waals surface area contributed by atoms with Crippen molar-refractivity contribution in [3.63, 3.8) is 0 Å². The Morgan fingerprint density at radius 3 is 2.77 bits per heavy atom. The van der Waals surface area contributed by atoms with E-state index in [4.69, 9.17) is 5.73 Å². The van der Waals surface area contributed by atoms with Crippen molar-refractivity contribution in [1.29, 1.82) is 0 Å². The van der Waals surface area contributed by atoms with Crippen LogP contribution in [0.1, 0.15) is 44.2 Å². The van der Waals surface area contributed by atoms with E-state index in [1.54, 1.807) is 6.20 Å². The molecule has 3 fully saturated rings. The fraction of sp³-hybridized carbons (Fsp3) is 0.650. The Morgan fingerprint density at radius 1 is 1.19 bits per heavy atom. The van der Waals surface area contributed by atoms with E-state index in [1.165, 1.54) is 0 Å². The van der Waals surface area contributed by atoms with Crippen LogP contribution in [-0.4, -0.2) is 58.3 Å². The van der Waals surface area contributed by atoms with Crippen molar-refractivity contribution in [2.24, 2.45) is 11.1 Å². The van der Waals surface area contributed by atoms with Crippen molar-refractivity contribution in [3.05, 3.63) is 30.1 Å². The van der Waals surface area contributed by atoms with Crippen LogP contribution in [0.5, 0.6) is 0 Å². The van der Waals surface area contributed by atoms with Gasteiger partial charge in [-0.2, -0.15) is 0 Å². The first kappa shape index (κ1) is 17.5. The maximum atomic E-state index is 12.7. The van der Waals surface area contributed by atoms with Crippen LogP contribution in [0.25, 0.3) is 0 Å². The highest BCUT2D eigenvalue weighted by molar-refractivity contribution is 5.89. The smallest absolute Gasteiger partial charge is 0.242 e. The zero-order valence-corrected chi connectivity index (χ0v) is 15.3. The molecule has 0 bridgehead atoms. The van der Waals surface area contributed by atoms with E-state index in [2.05, 4.69) is 4.98 Å². The Labute approximate surface area is 154 Å². The van der Waals surface area contributed by atoms with Crippen molar-refractivity contribution in [2.45, 2.75) is 50.5 Å². The molecule has 140 valence electrons. The van der Waals surface area contributed by atoms with Gasteiger partial charge in [0.05, 0.1) is 5.54 Å². The molecule has 1 aromatic rings. The first-order valence-electron chi connectivity index (χ1n) is 9.76. The number of hydrogen-bond donors (Lipinski definition) is 1. The molecule has 2 saturated heterocycles. The molecule has 2 amide bonds. The lowest BCUT2D eigenvalue weighted by Crippen LogP contribution is -2.57. The van der Waals surface area contributed by atoms with Crippen LogP contribution in [-0.2, 0) is 16.0 Å². The summed E-state index contributed by atoms with van der Waals surface area (Å²) >= 11 is 0. The molecular formula is C20H28N4O2. The van der Waals surface area contributed by atoms with Crippen LogP contribution < -0.4 is 5.73 Å². The Hall–Kier alpha value is -1.95. The Bertz CT molecular complexity index is 688. The van der Waals surface area contributed by atoms with Gasteiger partial charge in [0.25, 0.3) is 0 Å². The van der Waals surface area contributed by atoms with Crippen LogP contribution in [0.4, 0.5) is 0 Å². The van der Waals surface area contributed by atoms with Gasteiger partial charge in [-0.15, -0.1) is 0 Å². The van der Waals surface area contributed by atoms with Gasteiger partial charge in [-0.05, 0) is 44.2 Å². The van der Waals surface area contributed by atoms with E-state index in [0.717, 1.165) is 63.9 Å². The zero-order valence-electron chi connectivity index (χ0n) is 15.3. The number of nitrogens with two attached hydrogens (primary N) is 1. The highest BCUT2D eigenvalue weighted by Crippen LogP contribution is 2.41. The molecule has 3 aliphatic rings. The molecule has 6 heteroatoms. The molecule has 1 spiro atoms. The van der Waals surface area contributed by atoms with E-state index in [1.807, 2.05) is 28.0 Å². The van der Waals surface area contributed by atoms with E-state index >= 15 is 0 Å². The highest BCUT2D eigenvalue weighted by atomic mass is 16.2. The fourth-order valence-corrected chi connectivity index (χ4v) is 4.48. The van der Waals surface area contributed by atoms with E-state index in [0.29, 0.717) is 13.0 Å². The number of likely N-dealkylation sites (tertiary alicyclic amines) is 2. The third kappa shape index (κ3) is 3.47. The minimum absolute atomic E-state index is 0.0389. The average molecular weight is 356 g/mol. The summed E-state index contributed by atoms with van der Waals surface area (Å²) in [6.45, 7) is 3.01. The van der Waals surface area contributed by atoms with Gasteiger partial charge in [0.2, 0.25) is 11.8 Å². The van der Waals surface area contributed by atoms with Gasteiger partial charge in [0.1, 0.15) is 0 Å². The maximum Gasteiger partial charge on any atom is 0.242 e. The van der Waals surface area contributed by atoms with Gasteiger partial charge < -0.3 is 15.5 Å². The summed E-state index contributed by atoms with van der Waals surface area (Å²) in [5.41, 5.74) is 6.59. The molecule has 0 unspecified atom stereocenters. The average Bonchev–Trinajstić information content (AvgIpc) is 3.42. The van der Waals surface area contributed by atoms with Gasteiger partial charge in [-0.3, -0.25) is 14.6 Å². The molecular weight excluding hydrogens is 328 g/mol. The molecule has 0 aromatic carbocycles. The first-order valence-corrected chi connectivity index (χ1v) is 9.76. The third-order valence-electron chi connectivity index (χ3n) is 6.28. The van der Waals surface area contributed by atoms with Crippen molar-refractivity contribution < 1.29 is 9.59 Å². The van der Waals surface area contributed by atoms with Crippen molar-refractivity contribution in [3.8, 4) is 0 Å². The number of piperidine rings is 2. The predicted octanol–water partition coefficient (Wildman–Crippen LogP) is 1.35. The number of nitrogens with zero attached hydrogens (tertiary/aromatic N) is 3.